The van der Waals surface area contributed by atoms with E-state index in [0.29, 0.717) is 12.3 Å². The second kappa shape index (κ2) is 4.36. The number of hydrogen-bond donors (Lipinski definition) is 1. The molecule has 0 heterocycles. The second-order valence-corrected chi connectivity index (χ2v) is 2.17. The third kappa shape index (κ3) is 4.01. The standard InChI is InChI=1S/C7H14NO/c1-3-6(4-2)5-7(8)9/h3,6H,4-5H2,1-2H3,(H2,8,9). The molecule has 0 aromatic heterocycles. The summed E-state index contributed by atoms with van der Waals surface area (Å²) in [4.78, 5) is 10.3. The second-order valence-electron chi connectivity index (χ2n) is 2.17. The van der Waals surface area contributed by atoms with Crippen LogP contribution in [0.1, 0.15) is 26.7 Å². The number of amides is 1. The summed E-state index contributed by atoms with van der Waals surface area (Å²) in [6.07, 6.45) is 3.51. The van der Waals surface area contributed by atoms with Crippen molar-refractivity contribution in [2.24, 2.45) is 11.7 Å². The van der Waals surface area contributed by atoms with Crippen LogP contribution in [0.15, 0.2) is 0 Å². The quantitative estimate of drug-likeness (QED) is 0.605. The maximum Gasteiger partial charge on any atom is 0.217 e. The molecule has 1 unspecified atom stereocenters. The molecule has 2 heteroatoms. The van der Waals surface area contributed by atoms with E-state index in [9.17, 15) is 4.79 Å². The minimum atomic E-state index is -0.208. The first-order valence-electron chi connectivity index (χ1n) is 3.28. The van der Waals surface area contributed by atoms with Crippen molar-refractivity contribution in [3.63, 3.8) is 0 Å². The summed E-state index contributed by atoms with van der Waals surface area (Å²) in [5.74, 6) is 0.169. The molecule has 1 atom stereocenters. The van der Waals surface area contributed by atoms with E-state index in [2.05, 4.69) is 0 Å². The van der Waals surface area contributed by atoms with E-state index >= 15 is 0 Å². The molecule has 0 bridgehead atoms. The van der Waals surface area contributed by atoms with Gasteiger partial charge in [-0.2, -0.15) is 0 Å². The Hall–Kier alpha value is -0.530. The Morgan fingerprint density at radius 1 is 1.78 bits per heavy atom. The molecule has 0 aliphatic carbocycles. The van der Waals surface area contributed by atoms with Crippen LogP contribution in [0.5, 0.6) is 0 Å². The molecule has 0 aromatic carbocycles. The van der Waals surface area contributed by atoms with Crippen LogP contribution in [0.3, 0.4) is 0 Å². The van der Waals surface area contributed by atoms with Gasteiger partial charge in [0.15, 0.2) is 0 Å². The van der Waals surface area contributed by atoms with Crippen LogP contribution in [0, 0.1) is 12.3 Å². The summed E-state index contributed by atoms with van der Waals surface area (Å²) in [7, 11) is 0. The summed E-state index contributed by atoms with van der Waals surface area (Å²) in [6, 6.07) is 0. The summed E-state index contributed by atoms with van der Waals surface area (Å²) in [5.41, 5.74) is 4.99. The van der Waals surface area contributed by atoms with Gasteiger partial charge in [0.25, 0.3) is 0 Å². The van der Waals surface area contributed by atoms with E-state index in [0.717, 1.165) is 6.42 Å². The molecule has 2 N–H and O–H groups in total. The molecule has 0 rings (SSSR count). The van der Waals surface area contributed by atoms with Crippen molar-refractivity contribution >= 4 is 5.91 Å². The molecule has 0 fully saturated rings. The van der Waals surface area contributed by atoms with E-state index in [-0.39, 0.29) is 5.91 Å². The molecular weight excluding hydrogens is 114 g/mol. The van der Waals surface area contributed by atoms with Gasteiger partial charge in [-0.15, -0.1) is 0 Å². The summed E-state index contributed by atoms with van der Waals surface area (Å²) in [6.45, 7) is 4.00. The minimum absolute atomic E-state index is 0.208. The average Bonchev–Trinajstić information content (AvgIpc) is 1.82. The van der Waals surface area contributed by atoms with Crippen molar-refractivity contribution in [3.8, 4) is 0 Å². The fraction of sp³-hybridized carbons (Fsp3) is 0.714. The topological polar surface area (TPSA) is 43.1 Å². The smallest absolute Gasteiger partial charge is 0.217 e. The first-order chi connectivity index (χ1) is 4.20. The van der Waals surface area contributed by atoms with E-state index in [1.165, 1.54) is 0 Å². The van der Waals surface area contributed by atoms with Crippen molar-refractivity contribution in [1.29, 1.82) is 0 Å². The number of carbonyl (C=O) groups is 1. The Kier molecular flexibility index (Phi) is 4.10. The van der Waals surface area contributed by atoms with Gasteiger partial charge in [0.1, 0.15) is 0 Å². The van der Waals surface area contributed by atoms with Gasteiger partial charge in [0, 0.05) is 6.42 Å². The van der Waals surface area contributed by atoms with Gasteiger partial charge in [-0.1, -0.05) is 20.3 Å². The lowest BCUT2D eigenvalue weighted by Crippen LogP contribution is -2.15. The van der Waals surface area contributed by atoms with E-state index in [1.54, 1.807) is 0 Å². The fourth-order valence-corrected chi connectivity index (χ4v) is 0.756. The van der Waals surface area contributed by atoms with Gasteiger partial charge in [-0.25, -0.2) is 0 Å². The van der Waals surface area contributed by atoms with Crippen LogP contribution in [-0.2, 0) is 4.79 Å². The third-order valence-electron chi connectivity index (χ3n) is 1.46. The van der Waals surface area contributed by atoms with Gasteiger partial charge >= 0.3 is 0 Å². The normalized spacial score (nSPS) is 10.1. The van der Waals surface area contributed by atoms with Gasteiger partial charge in [0.2, 0.25) is 5.91 Å². The van der Waals surface area contributed by atoms with E-state index < -0.39 is 0 Å². The molecule has 53 valence electrons. The monoisotopic (exact) mass is 128 g/mol. The Morgan fingerprint density at radius 3 is 2.44 bits per heavy atom. The number of nitrogens with two attached hydrogens (primary N) is 1. The highest BCUT2D eigenvalue weighted by atomic mass is 16.1. The van der Waals surface area contributed by atoms with E-state index in [1.807, 2.05) is 20.3 Å². The maximum absolute atomic E-state index is 10.3. The Morgan fingerprint density at radius 2 is 2.33 bits per heavy atom. The first-order valence-corrected chi connectivity index (χ1v) is 3.28. The van der Waals surface area contributed by atoms with Crippen LogP contribution in [0.25, 0.3) is 0 Å². The zero-order valence-corrected chi connectivity index (χ0v) is 6.05. The number of rotatable bonds is 4. The highest BCUT2D eigenvalue weighted by Gasteiger charge is 2.05. The van der Waals surface area contributed by atoms with Crippen LogP contribution in [-0.4, -0.2) is 5.91 Å². The van der Waals surface area contributed by atoms with Crippen molar-refractivity contribution in [2.75, 3.05) is 0 Å². The molecule has 2 nitrogen and oxygen atoms in total. The average molecular weight is 128 g/mol. The molecule has 1 radical (unpaired) electrons. The predicted octanol–water partition coefficient (Wildman–Crippen LogP) is 1.11. The molecule has 0 aliphatic heterocycles. The lowest BCUT2D eigenvalue weighted by molar-refractivity contribution is -0.118. The number of primary amides is 1. The van der Waals surface area contributed by atoms with Crippen LogP contribution in [0.4, 0.5) is 0 Å². The van der Waals surface area contributed by atoms with Gasteiger partial charge in [-0.05, 0) is 12.3 Å². The highest BCUT2D eigenvalue weighted by Crippen LogP contribution is 2.09. The molecule has 0 aliphatic rings. The highest BCUT2D eigenvalue weighted by molar-refractivity contribution is 5.74. The van der Waals surface area contributed by atoms with E-state index in [4.69, 9.17) is 5.73 Å². The lowest BCUT2D eigenvalue weighted by atomic mass is 9.99. The van der Waals surface area contributed by atoms with Crippen molar-refractivity contribution in [1.82, 2.24) is 0 Å². The van der Waals surface area contributed by atoms with Gasteiger partial charge < -0.3 is 5.73 Å². The molecule has 9 heavy (non-hydrogen) atoms. The summed E-state index contributed by atoms with van der Waals surface area (Å²) < 4.78 is 0. The minimum Gasteiger partial charge on any atom is -0.370 e. The maximum atomic E-state index is 10.3. The van der Waals surface area contributed by atoms with Crippen LogP contribution >= 0.6 is 0 Å². The van der Waals surface area contributed by atoms with Crippen molar-refractivity contribution < 1.29 is 4.79 Å². The van der Waals surface area contributed by atoms with Crippen LogP contribution < -0.4 is 5.73 Å². The zero-order valence-electron chi connectivity index (χ0n) is 6.05. The fourth-order valence-electron chi connectivity index (χ4n) is 0.756. The lowest BCUT2D eigenvalue weighted by Gasteiger charge is -2.06. The molecule has 0 saturated heterocycles. The third-order valence-corrected chi connectivity index (χ3v) is 1.46. The predicted molar refractivity (Wildman–Crippen MR) is 37.6 cm³/mol. The molecule has 0 spiro atoms. The Balaban J connectivity index is 3.43. The molecule has 0 aromatic rings. The Labute approximate surface area is 56.4 Å². The number of hydrogen-bond acceptors (Lipinski definition) is 1. The molecular formula is C7H14NO. The van der Waals surface area contributed by atoms with Gasteiger partial charge in [-0.3, -0.25) is 4.79 Å². The first kappa shape index (κ1) is 8.47. The van der Waals surface area contributed by atoms with Crippen molar-refractivity contribution in [2.45, 2.75) is 26.7 Å². The van der Waals surface area contributed by atoms with Crippen LogP contribution in [0.2, 0.25) is 0 Å². The summed E-state index contributed by atoms with van der Waals surface area (Å²) >= 11 is 0. The summed E-state index contributed by atoms with van der Waals surface area (Å²) in [5, 5.41) is 0. The number of carbonyl (C=O) groups excluding carboxylic acids is 1. The molecule has 1 amide bonds. The molecule has 0 saturated carbocycles. The van der Waals surface area contributed by atoms with Gasteiger partial charge in [0.05, 0.1) is 0 Å². The SMILES string of the molecule is C[CH]C(CC)CC(N)=O. The largest absolute Gasteiger partial charge is 0.370 e. The Bertz CT molecular complexity index is 86.9. The van der Waals surface area contributed by atoms with Crippen molar-refractivity contribution in [3.05, 3.63) is 6.42 Å². The zero-order chi connectivity index (χ0) is 7.28.